The van der Waals surface area contributed by atoms with Crippen molar-refractivity contribution >= 4 is 29.0 Å². The van der Waals surface area contributed by atoms with Crippen LogP contribution in [0.25, 0.3) is 0 Å². The van der Waals surface area contributed by atoms with Crippen molar-refractivity contribution in [3.8, 4) is 0 Å². The minimum absolute atomic E-state index is 0.191. The molecule has 0 spiro atoms. The van der Waals surface area contributed by atoms with Gasteiger partial charge in [0.05, 0.1) is 10.0 Å². The molecule has 0 aliphatic heterocycles. The second kappa shape index (κ2) is 3.56. The molecule has 14 heavy (non-hydrogen) atoms. The van der Waals surface area contributed by atoms with E-state index in [0.717, 1.165) is 6.42 Å². The van der Waals surface area contributed by atoms with Crippen molar-refractivity contribution in [3.63, 3.8) is 0 Å². The Morgan fingerprint density at radius 3 is 2.50 bits per heavy atom. The van der Waals surface area contributed by atoms with E-state index in [1.54, 1.807) is 18.2 Å². The molecule has 0 heterocycles. The predicted octanol–water partition coefficient (Wildman–Crippen LogP) is 3.83. The van der Waals surface area contributed by atoms with E-state index < -0.39 is 0 Å². The smallest absolute Gasteiger partial charge is 0.166 e. The van der Waals surface area contributed by atoms with Gasteiger partial charge in [0.25, 0.3) is 0 Å². The highest BCUT2D eigenvalue weighted by atomic mass is 35.5. The summed E-state index contributed by atoms with van der Waals surface area (Å²) in [4.78, 5) is 11.8. The highest BCUT2D eigenvalue weighted by Crippen LogP contribution is 2.40. The number of ketones is 1. The highest BCUT2D eigenvalue weighted by molar-refractivity contribution is 6.42. The van der Waals surface area contributed by atoms with Crippen molar-refractivity contribution in [1.29, 1.82) is 0 Å². The maximum atomic E-state index is 11.8. The average molecular weight is 229 g/mol. The van der Waals surface area contributed by atoms with Crippen LogP contribution in [0.1, 0.15) is 23.7 Å². The standard InChI is InChI=1S/C11H10Cl2O/c1-6-4-8(6)11(14)7-2-3-9(12)10(13)5-7/h2-3,5-6,8H,4H2,1H3/t6-,8+/m0/s1. The van der Waals surface area contributed by atoms with Gasteiger partial charge in [-0.15, -0.1) is 0 Å². The zero-order valence-electron chi connectivity index (χ0n) is 7.76. The summed E-state index contributed by atoms with van der Waals surface area (Å²) in [7, 11) is 0. The molecule has 0 saturated heterocycles. The summed E-state index contributed by atoms with van der Waals surface area (Å²) < 4.78 is 0. The largest absolute Gasteiger partial charge is 0.294 e. The van der Waals surface area contributed by atoms with E-state index >= 15 is 0 Å². The Labute approximate surface area is 93.0 Å². The Bertz CT molecular complexity index is 387. The van der Waals surface area contributed by atoms with Crippen LogP contribution >= 0.6 is 23.2 Å². The summed E-state index contributed by atoms with van der Waals surface area (Å²) in [6.07, 6.45) is 0.999. The molecule has 0 aromatic heterocycles. The molecule has 0 unspecified atom stereocenters. The van der Waals surface area contributed by atoms with Crippen LogP contribution in [0.2, 0.25) is 10.0 Å². The molecule has 1 fully saturated rings. The molecule has 1 nitrogen and oxygen atoms in total. The van der Waals surface area contributed by atoms with E-state index in [2.05, 4.69) is 6.92 Å². The number of carbonyl (C=O) groups excluding carboxylic acids is 1. The van der Waals surface area contributed by atoms with Gasteiger partial charge < -0.3 is 0 Å². The first-order valence-corrected chi connectivity index (χ1v) is 5.34. The second-order valence-electron chi connectivity index (χ2n) is 3.81. The van der Waals surface area contributed by atoms with Crippen LogP contribution in [0.15, 0.2) is 18.2 Å². The summed E-state index contributed by atoms with van der Waals surface area (Å²) in [5.41, 5.74) is 0.675. The van der Waals surface area contributed by atoms with Gasteiger partial charge in [-0.25, -0.2) is 0 Å². The predicted molar refractivity (Wildman–Crippen MR) is 58.1 cm³/mol. The molecule has 1 aliphatic carbocycles. The Morgan fingerprint density at radius 2 is 2.00 bits per heavy atom. The summed E-state index contributed by atoms with van der Waals surface area (Å²) in [5.74, 6) is 0.917. The minimum Gasteiger partial charge on any atom is -0.294 e. The number of Topliss-reactive ketones (excluding diaryl/α,β-unsaturated/α-hetero) is 1. The summed E-state index contributed by atoms with van der Waals surface area (Å²) in [5, 5.41) is 0.942. The number of hydrogen-bond donors (Lipinski definition) is 0. The third-order valence-corrected chi connectivity index (χ3v) is 3.39. The fourth-order valence-corrected chi connectivity index (χ4v) is 1.85. The molecule has 2 atom stereocenters. The quantitative estimate of drug-likeness (QED) is 0.704. The van der Waals surface area contributed by atoms with Gasteiger partial charge in [-0.05, 0) is 30.5 Å². The first-order chi connectivity index (χ1) is 6.59. The molecule has 1 saturated carbocycles. The lowest BCUT2D eigenvalue weighted by Gasteiger charge is -2.01. The van der Waals surface area contributed by atoms with Crippen molar-refractivity contribution in [2.75, 3.05) is 0 Å². The molecule has 1 aromatic carbocycles. The van der Waals surface area contributed by atoms with E-state index in [4.69, 9.17) is 23.2 Å². The molecule has 74 valence electrons. The molecule has 2 rings (SSSR count). The van der Waals surface area contributed by atoms with Gasteiger partial charge in [-0.1, -0.05) is 30.1 Å². The van der Waals surface area contributed by atoms with E-state index in [1.165, 1.54) is 0 Å². The zero-order chi connectivity index (χ0) is 10.3. The molecular weight excluding hydrogens is 219 g/mol. The number of carbonyl (C=O) groups is 1. The summed E-state index contributed by atoms with van der Waals surface area (Å²) in [6, 6.07) is 5.06. The maximum Gasteiger partial charge on any atom is 0.166 e. The third-order valence-electron chi connectivity index (χ3n) is 2.65. The Kier molecular flexibility index (Phi) is 2.54. The molecule has 3 heteroatoms. The average Bonchev–Trinajstić information content (AvgIpc) is 2.86. The van der Waals surface area contributed by atoms with E-state index in [1.807, 2.05) is 0 Å². The van der Waals surface area contributed by atoms with Crippen LogP contribution < -0.4 is 0 Å². The van der Waals surface area contributed by atoms with Gasteiger partial charge in [-0.2, -0.15) is 0 Å². The van der Waals surface area contributed by atoms with Crippen molar-refractivity contribution in [3.05, 3.63) is 33.8 Å². The second-order valence-corrected chi connectivity index (χ2v) is 4.63. The van der Waals surface area contributed by atoms with Crippen LogP contribution in [-0.4, -0.2) is 5.78 Å². The lowest BCUT2D eigenvalue weighted by molar-refractivity contribution is 0.0962. The van der Waals surface area contributed by atoms with Gasteiger partial charge in [0, 0.05) is 11.5 Å². The van der Waals surface area contributed by atoms with Crippen molar-refractivity contribution < 1.29 is 4.79 Å². The van der Waals surface area contributed by atoms with Gasteiger partial charge in [0.15, 0.2) is 5.78 Å². The van der Waals surface area contributed by atoms with Gasteiger partial charge in [0.1, 0.15) is 0 Å². The van der Waals surface area contributed by atoms with E-state index in [-0.39, 0.29) is 11.7 Å². The zero-order valence-corrected chi connectivity index (χ0v) is 9.27. The lowest BCUT2D eigenvalue weighted by Crippen LogP contribution is -2.02. The SMILES string of the molecule is C[C@H]1C[C@H]1C(=O)c1ccc(Cl)c(Cl)c1. The molecule has 1 aromatic rings. The van der Waals surface area contributed by atoms with Crippen LogP contribution in [0, 0.1) is 11.8 Å². The van der Waals surface area contributed by atoms with Crippen LogP contribution in [-0.2, 0) is 0 Å². The van der Waals surface area contributed by atoms with Gasteiger partial charge in [0.2, 0.25) is 0 Å². The number of benzene rings is 1. The topological polar surface area (TPSA) is 17.1 Å². The molecule has 0 N–H and O–H groups in total. The Morgan fingerprint density at radius 1 is 1.36 bits per heavy atom. The summed E-state index contributed by atoms with van der Waals surface area (Å²) in [6.45, 7) is 2.08. The molecular formula is C11H10Cl2O. The van der Waals surface area contributed by atoms with E-state index in [0.29, 0.717) is 21.5 Å². The fraction of sp³-hybridized carbons (Fsp3) is 0.364. The van der Waals surface area contributed by atoms with Gasteiger partial charge in [-0.3, -0.25) is 4.79 Å². The lowest BCUT2D eigenvalue weighted by atomic mass is 10.1. The molecule has 0 radical (unpaired) electrons. The van der Waals surface area contributed by atoms with Crippen LogP contribution in [0.3, 0.4) is 0 Å². The number of rotatable bonds is 2. The minimum atomic E-state index is 0.191. The Hall–Kier alpha value is -0.530. The first kappa shape index (κ1) is 10.0. The molecule has 1 aliphatic rings. The highest BCUT2D eigenvalue weighted by Gasteiger charge is 2.39. The first-order valence-electron chi connectivity index (χ1n) is 4.59. The fourth-order valence-electron chi connectivity index (χ4n) is 1.55. The molecule has 0 bridgehead atoms. The van der Waals surface area contributed by atoms with Crippen molar-refractivity contribution in [2.45, 2.75) is 13.3 Å². The third kappa shape index (κ3) is 1.79. The Balaban J connectivity index is 2.24. The maximum absolute atomic E-state index is 11.8. The number of halogens is 2. The van der Waals surface area contributed by atoms with Crippen molar-refractivity contribution in [2.24, 2.45) is 11.8 Å². The van der Waals surface area contributed by atoms with Crippen LogP contribution in [0.4, 0.5) is 0 Å². The van der Waals surface area contributed by atoms with Crippen molar-refractivity contribution in [1.82, 2.24) is 0 Å². The monoisotopic (exact) mass is 228 g/mol. The summed E-state index contributed by atoms with van der Waals surface area (Å²) >= 11 is 11.6. The van der Waals surface area contributed by atoms with Gasteiger partial charge >= 0.3 is 0 Å². The normalized spacial score (nSPS) is 24.8. The van der Waals surface area contributed by atoms with Crippen LogP contribution in [0.5, 0.6) is 0 Å². The van der Waals surface area contributed by atoms with E-state index in [9.17, 15) is 4.79 Å². The molecule has 0 amide bonds. The number of hydrogen-bond acceptors (Lipinski definition) is 1.